The molecule has 2 nitrogen and oxygen atoms in total. The van der Waals surface area contributed by atoms with Crippen LogP contribution in [0.25, 0.3) is 0 Å². The third kappa shape index (κ3) is 3.64. The number of carbonyl (C=O) groups is 1. The fourth-order valence-electron chi connectivity index (χ4n) is 2.34. The molecule has 0 fully saturated rings. The van der Waals surface area contributed by atoms with E-state index in [-0.39, 0.29) is 12.4 Å². The first kappa shape index (κ1) is 15.6. The third-order valence-corrected chi connectivity index (χ3v) is 4.06. The van der Waals surface area contributed by atoms with Crippen molar-refractivity contribution in [3.63, 3.8) is 0 Å². The van der Waals surface area contributed by atoms with Crippen molar-refractivity contribution < 1.29 is 9.53 Å². The highest BCUT2D eigenvalue weighted by atomic mass is 35.5. The Morgan fingerprint density at radius 3 is 2.19 bits per heavy atom. The molecular formula is C18H19ClO2. The minimum absolute atomic E-state index is 0.0160. The van der Waals surface area contributed by atoms with Crippen molar-refractivity contribution in [2.24, 2.45) is 0 Å². The monoisotopic (exact) mass is 302 g/mol. The second kappa shape index (κ2) is 6.31. The normalized spacial score (nSPS) is 10.5. The Bertz CT molecular complexity index is 667. The van der Waals surface area contributed by atoms with Gasteiger partial charge in [-0.25, -0.2) is 0 Å². The highest BCUT2D eigenvalue weighted by molar-refractivity contribution is 6.32. The zero-order valence-corrected chi connectivity index (χ0v) is 13.5. The van der Waals surface area contributed by atoms with Crippen LogP contribution in [0.1, 0.15) is 32.6 Å². The standard InChI is InChI=1S/C18H19ClO2/c1-11-5-6-16(12(2)7-11)17(20)10-21-15-8-13(3)18(19)14(4)9-15/h5-9H,10H2,1-4H3. The Morgan fingerprint density at radius 2 is 1.62 bits per heavy atom. The molecule has 2 aromatic carbocycles. The SMILES string of the molecule is Cc1ccc(C(=O)COc2cc(C)c(Cl)c(C)c2)c(C)c1. The molecule has 0 amide bonds. The molecule has 0 aliphatic rings. The number of hydrogen-bond donors (Lipinski definition) is 0. The Hall–Kier alpha value is -1.80. The molecule has 0 atom stereocenters. The summed E-state index contributed by atoms with van der Waals surface area (Å²) in [6.07, 6.45) is 0. The van der Waals surface area contributed by atoms with Gasteiger partial charge in [-0.1, -0.05) is 35.4 Å². The van der Waals surface area contributed by atoms with E-state index in [1.54, 1.807) is 0 Å². The van der Waals surface area contributed by atoms with Crippen molar-refractivity contribution in [3.05, 3.63) is 63.2 Å². The van der Waals surface area contributed by atoms with Gasteiger partial charge in [0.25, 0.3) is 0 Å². The number of aryl methyl sites for hydroxylation is 4. The van der Waals surface area contributed by atoms with Gasteiger partial charge >= 0.3 is 0 Å². The first-order valence-corrected chi connectivity index (χ1v) is 7.26. The molecule has 0 heterocycles. The van der Waals surface area contributed by atoms with Gasteiger partial charge in [-0.3, -0.25) is 4.79 Å². The lowest BCUT2D eigenvalue weighted by Crippen LogP contribution is -2.13. The lowest BCUT2D eigenvalue weighted by molar-refractivity contribution is 0.0921. The largest absolute Gasteiger partial charge is 0.485 e. The zero-order chi connectivity index (χ0) is 15.6. The van der Waals surface area contributed by atoms with E-state index in [0.717, 1.165) is 27.3 Å². The molecule has 0 bridgehead atoms. The maximum absolute atomic E-state index is 12.2. The van der Waals surface area contributed by atoms with Gasteiger partial charge in [0.1, 0.15) is 5.75 Å². The van der Waals surface area contributed by atoms with Gasteiger partial charge < -0.3 is 4.74 Å². The Morgan fingerprint density at radius 1 is 1.00 bits per heavy atom. The number of rotatable bonds is 4. The van der Waals surface area contributed by atoms with Crippen LogP contribution >= 0.6 is 11.6 Å². The molecule has 0 spiro atoms. The molecule has 0 radical (unpaired) electrons. The van der Waals surface area contributed by atoms with Crippen LogP contribution in [0.5, 0.6) is 5.75 Å². The summed E-state index contributed by atoms with van der Waals surface area (Å²) < 4.78 is 5.62. The summed E-state index contributed by atoms with van der Waals surface area (Å²) in [5, 5.41) is 0.739. The number of halogens is 1. The second-order valence-corrected chi connectivity index (χ2v) is 5.78. The lowest BCUT2D eigenvalue weighted by atomic mass is 10.0. The van der Waals surface area contributed by atoms with Gasteiger partial charge in [0.15, 0.2) is 12.4 Å². The summed E-state index contributed by atoms with van der Waals surface area (Å²) in [6.45, 7) is 7.83. The third-order valence-electron chi connectivity index (χ3n) is 3.46. The molecule has 110 valence electrons. The van der Waals surface area contributed by atoms with Crippen molar-refractivity contribution in [1.29, 1.82) is 0 Å². The lowest BCUT2D eigenvalue weighted by Gasteiger charge is -2.10. The summed E-state index contributed by atoms with van der Waals surface area (Å²) in [6, 6.07) is 9.50. The predicted molar refractivity (Wildman–Crippen MR) is 86.7 cm³/mol. The molecule has 3 heteroatoms. The fourth-order valence-corrected chi connectivity index (χ4v) is 2.45. The molecule has 0 N–H and O–H groups in total. The van der Waals surface area contributed by atoms with Crippen LogP contribution < -0.4 is 4.74 Å². The average Bonchev–Trinajstić information content (AvgIpc) is 2.42. The fraction of sp³-hybridized carbons (Fsp3) is 0.278. The molecule has 0 saturated carbocycles. The van der Waals surface area contributed by atoms with Gasteiger partial charge in [-0.05, 0) is 56.5 Å². The summed E-state index contributed by atoms with van der Waals surface area (Å²) >= 11 is 6.12. The van der Waals surface area contributed by atoms with Crippen molar-refractivity contribution >= 4 is 17.4 Å². The Labute approximate surface area is 130 Å². The maximum Gasteiger partial charge on any atom is 0.200 e. The number of carbonyl (C=O) groups excluding carboxylic acids is 1. The van der Waals surface area contributed by atoms with E-state index < -0.39 is 0 Å². The summed E-state index contributed by atoms with van der Waals surface area (Å²) in [7, 11) is 0. The molecule has 0 aliphatic carbocycles. The van der Waals surface area contributed by atoms with Crippen molar-refractivity contribution in [1.82, 2.24) is 0 Å². The van der Waals surface area contributed by atoms with E-state index >= 15 is 0 Å². The number of ether oxygens (including phenoxy) is 1. The van der Waals surface area contributed by atoms with Crippen LogP contribution in [0.3, 0.4) is 0 Å². The minimum atomic E-state index is -0.0160. The van der Waals surface area contributed by atoms with Crippen molar-refractivity contribution in [2.75, 3.05) is 6.61 Å². The summed E-state index contributed by atoms with van der Waals surface area (Å²) in [4.78, 5) is 12.2. The molecule has 0 unspecified atom stereocenters. The van der Waals surface area contributed by atoms with Gasteiger partial charge in [-0.2, -0.15) is 0 Å². The summed E-state index contributed by atoms with van der Waals surface area (Å²) in [5.74, 6) is 0.658. The quantitative estimate of drug-likeness (QED) is 0.756. The van der Waals surface area contributed by atoms with Crippen LogP contribution in [-0.2, 0) is 0 Å². The van der Waals surface area contributed by atoms with E-state index in [1.807, 2.05) is 58.0 Å². The van der Waals surface area contributed by atoms with E-state index in [2.05, 4.69) is 0 Å². The Kier molecular flexibility index (Phi) is 4.69. The van der Waals surface area contributed by atoms with Crippen LogP contribution in [0.2, 0.25) is 5.02 Å². The maximum atomic E-state index is 12.2. The van der Waals surface area contributed by atoms with Gasteiger partial charge in [0.05, 0.1) is 0 Å². The van der Waals surface area contributed by atoms with Crippen molar-refractivity contribution in [3.8, 4) is 5.75 Å². The smallest absolute Gasteiger partial charge is 0.200 e. The van der Waals surface area contributed by atoms with Gasteiger partial charge in [-0.15, -0.1) is 0 Å². The second-order valence-electron chi connectivity index (χ2n) is 5.40. The number of benzene rings is 2. The van der Waals surface area contributed by atoms with E-state index in [9.17, 15) is 4.79 Å². The average molecular weight is 303 g/mol. The van der Waals surface area contributed by atoms with E-state index in [1.165, 1.54) is 0 Å². The number of ketones is 1. The van der Waals surface area contributed by atoms with Crippen molar-refractivity contribution in [2.45, 2.75) is 27.7 Å². The van der Waals surface area contributed by atoms with Gasteiger partial charge in [0.2, 0.25) is 0 Å². The molecule has 21 heavy (non-hydrogen) atoms. The summed E-state index contributed by atoms with van der Waals surface area (Å²) in [5.41, 5.74) is 4.74. The Balaban J connectivity index is 2.11. The zero-order valence-electron chi connectivity index (χ0n) is 12.8. The van der Waals surface area contributed by atoms with Gasteiger partial charge in [0, 0.05) is 10.6 Å². The highest BCUT2D eigenvalue weighted by Crippen LogP contribution is 2.26. The van der Waals surface area contributed by atoms with E-state index in [4.69, 9.17) is 16.3 Å². The topological polar surface area (TPSA) is 26.3 Å². The first-order valence-electron chi connectivity index (χ1n) is 6.88. The van der Waals surface area contributed by atoms with Crippen LogP contribution in [0.15, 0.2) is 30.3 Å². The molecule has 0 aliphatic heterocycles. The number of Topliss-reactive ketones (excluding diaryl/α,β-unsaturated/α-hetero) is 1. The molecule has 2 rings (SSSR count). The number of hydrogen-bond acceptors (Lipinski definition) is 2. The first-order chi connectivity index (χ1) is 9.88. The minimum Gasteiger partial charge on any atom is -0.485 e. The molecule has 0 saturated heterocycles. The predicted octanol–water partition coefficient (Wildman–Crippen LogP) is 4.84. The molecule has 0 aromatic heterocycles. The van der Waals surface area contributed by atoms with Crippen LogP contribution in [0.4, 0.5) is 0 Å². The highest BCUT2D eigenvalue weighted by Gasteiger charge is 2.11. The molecule has 2 aromatic rings. The molecular weight excluding hydrogens is 284 g/mol. The van der Waals surface area contributed by atoms with Crippen LogP contribution in [-0.4, -0.2) is 12.4 Å². The van der Waals surface area contributed by atoms with E-state index in [0.29, 0.717) is 11.3 Å². The van der Waals surface area contributed by atoms with Crippen LogP contribution in [0, 0.1) is 27.7 Å².